The molecule has 0 saturated heterocycles. The van der Waals surface area contributed by atoms with Gasteiger partial charge in [0, 0.05) is 25.3 Å². The summed E-state index contributed by atoms with van der Waals surface area (Å²) in [6.07, 6.45) is 4.28. The van der Waals surface area contributed by atoms with Gasteiger partial charge in [0.15, 0.2) is 0 Å². The maximum atomic E-state index is 9.49. The highest BCUT2D eigenvalue weighted by Gasteiger charge is 2.41. The molecule has 2 rings (SSSR count). The van der Waals surface area contributed by atoms with E-state index in [0.717, 1.165) is 43.7 Å². The van der Waals surface area contributed by atoms with Crippen LogP contribution in [0, 0.1) is 17.2 Å². The van der Waals surface area contributed by atoms with Crippen LogP contribution in [0.1, 0.15) is 25.7 Å². The van der Waals surface area contributed by atoms with Crippen LogP contribution in [-0.2, 0) is 0 Å². The molecule has 1 N–H and O–H groups in total. The Labute approximate surface area is 127 Å². The van der Waals surface area contributed by atoms with Crippen molar-refractivity contribution < 1.29 is 4.74 Å². The molecule has 0 heterocycles. The van der Waals surface area contributed by atoms with Crippen LogP contribution in [0.2, 0.25) is 0 Å². The Hall–Kier alpha value is -1.73. The molecule has 1 aliphatic carbocycles. The molecular weight excluding hydrogens is 262 g/mol. The highest BCUT2D eigenvalue weighted by Crippen LogP contribution is 2.37. The predicted molar refractivity (Wildman–Crippen MR) is 85.6 cm³/mol. The number of anilines is 1. The van der Waals surface area contributed by atoms with Gasteiger partial charge in [0.25, 0.3) is 0 Å². The molecule has 4 heteroatoms. The van der Waals surface area contributed by atoms with E-state index >= 15 is 0 Å². The average Bonchev–Trinajstić information content (AvgIpc) is 2.96. The van der Waals surface area contributed by atoms with Crippen LogP contribution < -0.4 is 15.0 Å². The van der Waals surface area contributed by atoms with Crippen LogP contribution in [0.5, 0.6) is 5.75 Å². The Bertz CT molecular complexity index is 511. The van der Waals surface area contributed by atoms with Gasteiger partial charge in [-0.05, 0) is 44.4 Å². The second-order valence-corrected chi connectivity index (χ2v) is 5.83. The minimum Gasteiger partial charge on any atom is -0.497 e. The molecule has 1 fully saturated rings. The van der Waals surface area contributed by atoms with E-state index in [0.29, 0.717) is 5.92 Å². The number of benzene rings is 1. The Balaban J connectivity index is 1.97. The molecule has 0 bridgehead atoms. The number of methoxy groups -OCH3 is 1. The van der Waals surface area contributed by atoms with Gasteiger partial charge in [0.2, 0.25) is 0 Å². The smallest absolute Gasteiger partial charge is 0.120 e. The lowest BCUT2D eigenvalue weighted by atomic mass is 9.86. The summed E-state index contributed by atoms with van der Waals surface area (Å²) in [4.78, 5) is 2.23. The van der Waals surface area contributed by atoms with Gasteiger partial charge in [-0.1, -0.05) is 12.5 Å². The fourth-order valence-electron chi connectivity index (χ4n) is 3.33. The fraction of sp³-hybridized carbons (Fsp3) is 0.588. The lowest BCUT2D eigenvalue weighted by molar-refractivity contribution is 0.323. The summed E-state index contributed by atoms with van der Waals surface area (Å²) in [6.45, 7) is 0.947. The molecule has 1 aromatic rings. The number of hydrogen-bond acceptors (Lipinski definition) is 4. The summed E-state index contributed by atoms with van der Waals surface area (Å²) >= 11 is 0. The third-order valence-electron chi connectivity index (χ3n) is 4.77. The largest absolute Gasteiger partial charge is 0.497 e. The molecule has 1 aliphatic rings. The number of hydrogen-bond donors (Lipinski definition) is 1. The zero-order valence-corrected chi connectivity index (χ0v) is 13.2. The standard InChI is InChI=1S/C17H25N3O/c1-19-17(13-18)10-5-6-14(17)9-11-20(2)15-7-4-8-16(12-15)21-3/h4,7-8,12,14,19H,5-6,9-11H2,1-3H3. The number of rotatable bonds is 6. The van der Waals surface area contributed by atoms with Gasteiger partial charge in [-0.15, -0.1) is 0 Å². The molecule has 1 aromatic carbocycles. The zero-order valence-electron chi connectivity index (χ0n) is 13.2. The Morgan fingerprint density at radius 2 is 2.33 bits per heavy atom. The quantitative estimate of drug-likeness (QED) is 0.874. The lowest BCUT2D eigenvalue weighted by Gasteiger charge is -2.30. The maximum absolute atomic E-state index is 9.49. The number of nitrogens with one attached hydrogen (secondary N) is 1. The summed E-state index contributed by atoms with van der Waals surface area (Å²) in [5, 5.41) is 12.8. The van der Waals surface area contributed by atoms with E-state index in [2.05, 4.69) is 29.4 Å². The third-order valence-corrected chi connectivity index (χ3v) is 4.77. The van der Waals surface area contributed by atoms with Gasteiger partial charge >= 0.3 is 0 Å². The third kappa shape index (κ3) is 3.30. The number of nitriles is 1. The van der Waals surface area contributed by atoms with Crippen molar-refractivity contribution in [2.24, 2.45) is 5.92 Å². The summed E-state index contributed by atoms with van der Waals surface area (Å²) < 4.78 is 5.27. The Kier molecular flexibility index (Phi) is 5.08. The van der Waals surface area contributed by atoms with Crippen molar-refractivity contribution in [3.63, 3.8) is 0 Å². The first kappa shape index (κ1) is 15.7. The Morgan fingerprint density at radius 1 is 1.52 bits per heavy atom. The topological polar surface area (TPSA) is 48.3 Å². The second kappa shape index (κ2) is 6.82. The maximum Gasteiger partial charge on any atom is 0.120 e. The van der Waals surface area contributed by atoms with Crippen LogP contribution in [0.25, 0.3) is 0 Å². The zero-order chi connectivity index (χ0) is 15.3. The highest BCUT2D eigenvalue weighted by molar-refractivity contribution is 5.50. The SMILES string of the molecule is CNC1(C#N)CCCC1CCN(C)c1cccc(OC)c1. The average molecular weight is 287 g/mol. The normalized spacial score (nSPS) is 24.6. The van der Waals surface area contributed by atoms with E-state index in [1.165, 1.54) is 0 Å². The minimum absolute atomic E-state index is 0.324. The molecule has 2 unspecified atom stereocenters. The fourth-order valence-corrected chi connectivity index (χ4v) is 3.33. The van der Waals surface area contributed by atoms with Gasteiger partial charge < -0.3 is 15.0 Å². The first-order chi connectivity index (χ1) is 10.1. The molecule has 21 heavy (non-hydrogen) atoms. The van der Waals surface area contributed by atoms with Gasteiger partial charge in [-0.2, -0.15) is 5.26 Å². The monoisotopic (exact) mass is 287 g/mol. The summed E-state index contributed by atoms with van der Waals surface area (Å²) in [6, 6.07) is 10.6. The van der Waals surface area contributed by atoms with Gasteiger partial charge in [0.1, 0.15) is 11.3 Å². The van der Waals surface area contributed by atoms with Gasteiger partial charge in [0.05, 0.1) is 13.2 Å². The van der Waals surface area contributed by atoms with E-state index in [1.807, 2.05) is 25.2 Å². The molecule has 0 radical (unpaired) electrons. The summed E-state index contributed by atoms with van der Waals surface area (Å²) in [5.41, 5.74) is 0.828. The highest BCUT2D eigenvalue weighted by atomic mass is 16.5. The van der Waals surface area contributed by atoms with Crippen molar-refractivity contribution >= 4 is 5.69 Å². The van der Waals surface area contributed by atoms with Gasteiger partial charge in [-0.25, -0.2) is 0 Å². The molecular formula is C17H25N3O. The number of nitrogens with zero attached hydrogens (tertiary/aromatic N) is 2. The molecule has 114 valence electrons. The predicted octanol–water partition coefficient (Wildman–Crippen LogP) is 2.80. The van der Waals surface area contributed by atoms with E-state index in [-0.39, 0.29) is 5.54 Å². The molecule has 0 amide bonds. The molecule has 2 atom stereocenters. The molecule has 1 saturated carbocycles. The van der Waals surface area contributed by atoms with E-state index < -0.39 is 0 Å². The van der Waals surface area contributed by atoms with Crippen molar-refractivity contribution in [3.8, 4) is 11.8 Å². The van der Waals surface area contributed by atoms with Crippen molar-refractivity contribution in [2.45, 2.75) is 31.2 Å². The summed E-state index contributed by atoms with van der Waals surface area (Å²) in [5.74, 6) is 1.31. The summed E-state index contributed by atoms with van der Waals surface area (Å²) in [7, 11) is 5.69. The van der Waals surface area contributed by atoms with Gasteiger partial charge in [-0.3, -0.25) is 0 Å². The van der Waals surface area contributed by atoms with Crippen LogP contribution >= 0.6 is 0 Å². The van der Waals surface area contributed by atoms with Crippen molar-refractivity contribution in [1.29, 1.82) is 5.26 Å². The van der Waals surface area contributed by atoms with E-state index in [9.17, 15) is 5.26 Å². The van der Waals surface area contributed by atoms with Crippen molar-refractivity contribution in [3.05, 3.63) is 24.3 Å². The van der Waals surface area contributed by atoms with Crippen molar-refractivity contribution in [1.82, 2.24) is 5.32 Å². The van der Waals surface area contributed by atoms with Crippen LogP contribution in [0.4, 0.5) is 5.69 Å². The van der Waals surface area contributed by atoms with E-state index in [1.54, 1.807) is 7.11 Å². The molecule has 0 spiro atoms. The molecule has 4 nitrogen and oxygen atoms in total. The first-order valence-corrected chi connectivity index (χ1v) is 7.60. The van der Waals surface area contributed by atoms with Crippen LogP contribution in [0.3, 0.4) is 0 Å². The second-order valence-electron chi connectivity index (χ2n) is 5.83. The molecule has 0 aliphatic heterocycles. The van der Waals surface area contributed by atoms with Crippen LogP contribution in [0.15, 0.2) is 24.3 Å². The van der Waals surface area contributed by atoms with E-state index in [4.69, 9.17) is 4.74 Å². The minimum atomic E-state index is -0.324. The van der Waals surface area contributed by atoms with Crippen molar-refractivity contribution in [2.75, 3.05) is 32.6 Å². The molecule has 0 aromatic heterocycles. The van der Waals surface area contributed by atoms with Crippen LogP contribution in [-0.4, -0.2) is 33.3 Å². The number of ether oxygens (including phenoxy) is 1. The lowest BCUT2D eigenvalue weighted by Crippen LogP contribution is -2.45. The Morgan fingerprint density at radius 3 is 3.00 bits per heavy atom. The first-order valence-electron chi connectivity index (χ1n) is 7.60.